The predicted octanol–water partition coefficient (Wildman–Crippen LogP) is 1.35. The molecule has 3 N–H and O–H groups in total. The molecule has 0 saturated heterocycles. The Morgan fingerprint density at radius 3 is 2.81 bits per heavy atom. The van der Waals surface area contributed by atoms with Gasteiger partial charge >= 0.3 is 5.97 Å². The highest BCUT2D eigenvalue weighted by molar-refractivity contribution is 5.85. The Morgan fingerprint density at radius 2 is 2.31 bits per heavy atom. The summed E-state index contributed by atoms with van der Waals surface area (Å²) in [6.45, 7) is 2.57. The van der Waals surface area contributed by atoms with Gasteiger partial charge in [-0.05, 0) is 25.0 Å². The average Bonchev–Trinajstić information content (AvgIpc) is 2.29. The molecule has 1 aromatic rings. The predicted molar refractivity (Wildman–Crippen MR) is 60.6 cm³/mol. The van der Waals surface area contributed by atoms with Gasteiger partial charge in [0.05, 0.1) is 18.0 Å². The number of anilines is 1. The second-order valence-electron chi connectivity index (χ2n) is 3.51. The van der Waals surface area contributed by atoms with Gasteiger partial charge in [0.25, 0.3) is 0 Å². The molecule has 1 unspecified atom stereocenters. The highest BCUT2D eigenvalue weighted by Gasteiger charge is 2.03. The zero-order valence-corrected chi connectivity index (χ0v) is 9.18. The zero-order chi connectivity index (χ0) is 12.0. The molecule has 0 radical (unpaired) electrons. The van der Waals surface area contributed by atoms with Crippen molar-refractivity contribution in [2.24, 2.45) is 0 Å². The van der Waals surface area contributed by atoms with E-state index < -0.39 is 5.97 Å². The summed E-state index contributed by atoms with van der Waals surface area (Å²) in [6, 6.07) is 3.11. The third kappa shape index (κ3) is 3.86. The minimum absolute atomic E-state index is 0.0270. The van der Waals surface area contributed by atoms with E-state index in [1.54, 1.807) is 6.07 Å². The second kappa shape index (κ2) is 6.07. The van der Waals surface area contributed by atoms with E-state index in [0.717, 1.165) is 12.1 Å². The molecule has 0 spiro atoms. The molecule has 5 heteroatoms. The minimum Gasteiger partial charge on any atom is -0.477 e. The molecule has 1 atom stereocenters. The summed E-state index contributed by atoms with van der Waals surface area (Å²) in [5.41, 5.74) is 0.785. The highest BCUT2D eigenvalue weighted by Crippen LogP contribution is 2.07. The van der Waals surface area contributed by atoms with E-state index in [1.807, 2.05) is 6.92 Å². The molecule has 0 amide bonds. The number of carbonyl (C=O) groups is 1. The summed E-state index contributed by atoms with van der Waals surface area (Å²) in [7, 11) is 0. The third-order valence-corrected chi connectivity index (χ3v) is 2.26. The molecular formula is C11H16N2O3. The van der Waals surface area contributed by atoms with E-state index in [2.05, 4.69) is 10.3 Å². The molecule has 1 rings (SSSR count). The average molecular weight is 224 g/mol. The van der Waals surface area contributed by atoms with Crippen molar-refractivity contribution in [3.8, 4) is 0 Å². The second-order valence-corrected chi connectivity index (χ2v) is 3.51. The Balaban J connectivity index is 2.40. The van der Waals surface area contributed by atoms with E-state index in [-0.39, 0.29) is 11.8 Å². The first-order valence-corrected chi connectivity index (χ1v) is 5.24. The fraction of sp³-hybridized carbons (Fsp3) is 0.455. The molecule has 5 nitrogen and oxygen atoms in total. The van der Waals surface area contributed by atoms with Crippen molar-refractivity contribution in [2.75, 3.05) is 11.9 Å². The largest absolute Gasteiger partial charge is 0.477 e. The van der Waals surface area contributed by atoms with Gasteiger partial charge in [0.2, 0.25) is 0 Å². The van der Waals surface area contributed by atoms with Crippen LogP contribution in [0.1, 0.15) is 30.3 Å². The number of aromatic nitrogens is 1. The van der Waals surface area contributed by atoms with Crippen LogP contribution in [0, 0.1) is 0 Å². The van der Waals surface area contributed by atoms with Crippen LogP contribution in [0.25, 0.3) is 0 Å². The van der Waals surface area contributed by atoms with Crippen LogP contribution in [0.5, 0.6) is 0 Å². The Morgan fingerprint density at radius 1 is 1.56 bits per heavy atom. The maximum atomic E-state index is 10.5. The normalized spacial score (nSPS) is 12.1. The van der Waals surface area contributed by atoms with Crippen LogP contribution in [0.3, 0.4) is 0 Å². The van der Waals surface area contributed by atoms with Crippen molar-refractivity contribution in [2.45, 2.75) is 25.9 Å². The molecule has 0 aliphatic heterocycles. The van der Waals surface area contributed by atoms with Gasteiger partial charge < -0.3 is 15.5 Å². The lowest BCUT2D eigenvalue weighted by atomic mass is 10.2. The molecule has 0 aliphatic carbocycles. The number of hydrogen-bond acceptors (Lipinski definition) is 4. The number of nitrogens with zero attached hydrogens (tertiary/aromatic N) is 1. The Bertz CT molecular complexity index is 338. The molecule has 1 aromatic heterocycles. The van der Waals surface area contributed by atoms with Gasteiger partial charge in [-0.2, -0.15) is 0 Å². The molecule has 0 fully saturated rings. The number of aliphatic hydroxyl groups excluding tert-OH is 1. The SMILES string of the molecule is CCC(O)CCNc1ccc(C(=O)O)nc1. The Hall–Kier alpha value is -1.62. The highest BCUT2D eigenvalue weighted by atomic mass is 16.4. The zero-order valence-electron chi connectivity index (χ0n) is 9.18. The van der Waals surface area contributed by atoms with Crippen LogP contribution in [0.15, 0.2) is 18.3 Å². The standard InChI is InChI=1S/C11H16N2O3/c1-2-9(14)5-6-12-8-3-4-10(11(15)16)13-7-8/h3-4,7,9,12,14H,2,5-6H2,1H3,(H,15,16). The molecule has 88 valence electrons. The summed E-state index contributed by atoms with van der Waals surface area (Å²) in [4.78, 5) is 14.3. The monoisotopic (exact) mass is 224 g/mol. The maximum absolute atomic E-state index is 10.5. The summed E-state index contributed by atoms with van der Waals surface area (Å²) in [6.07, 6.45) is 2.58. The first-order valence-electron chi connectivity index (χ1n) is 5.24. The molecule has 1 heterocycles. The topological polar surface area (TPSA) is 82.5 Å². The lowest BCUT2D eigenvalue weighted by molar-refractivity contribution is 0.0690. The quantitative estimate of drug-likeness (QED) is 0.679. The lowest BCUT2D eigenvalue weighted by Crippen LogP contribution is -2.12. The van der Waals surface area contributed by atoms with Crippen LogP contribution < -0.4 is 5.32 Å². The van der Waals surface area contributed by atoms with Crippen molar-refractivity contribution >= 4 is 11.7 Å². The number of pyridine rings is 1. The molecule has 0 saturated carbocycles. The van der Waals surface area contributed by atoms with Crippen LogP contribution in [0.4, 0.5) is 5.69 Å². The van der Waals surface area contributed by atoms with Gasteiger partial charge in [-0.15, -0.1) is 0 Å². The van der Waals surface area contributed by atoms with Gasteiger partial charge in [-0.1, -0.05) is 6.92 Å². The van der Waals surface area contributed by atoms with Crippen LogP contribution >= 0.6 is 0 Å². The van der Waals surface area contributed by atoms with Gasteiger partial charge in [0.15, 0.2) is 0 Å². The van der Waals surface area contributed by atoms with E-state index in [0.29, 0.717) is 13.0 Å². The Kier molecular flexibility index (Phi) is 4.72. The van der Waals surface area contributed by atoms with E-state index >= 15 is 0 Å². The van der Waals surface area contributed by atoms with Crippen LogP contribution in [-0.2, 0) is 0 Å². The van der Waals surface area contributed by atoms with Gasteiger partial charge in [-0.25, -0.2) is 9.78 Å². The number of aliphatic hydroxyl groups is 1. The van der Waals surface area contributed by atoms with Crippen molar-refractivity contribution in [1.29, 1.82) is 0 Å². The van der Waals surface area contributed by atoms with Gasteiger partial charge in [0.1, 0.15) is 5.69 Å². The number of aromatic carboxylic acids is 1. The smallest absolute Gasteiger partial charge is 0.354 e. The van der Waals surface area contributed by atoms with E-state index in [4.69, 9.17) is 5.11 Å². The Labute approximate surface area is 94.1 Å². The van der Waals surface area contributed by atoms with Crippen molar-refractivity contribution in [1.82, 2.24) is 4.98 Å². The van der Waals surface area contributed by atoms with Crippen molar-refractivity contribution in [3.63, 3.8) is 0 Å². The number of carboxylic acid groups (broad SMARTS) is 1. The van der Waals surface area contributed by atoms with Crippen molar-refractivity contribution in [3.05, 3.63) is 24.0 Å². The number of carboxylic acids is 1. The van der Waals surface area contributed by atoms with Gasteiger partial charge in [-0.3, -0.25) is 0 Å². The third-order valence-electron chi connectivity index (χ3n) is 2.26. The lowest BCUT2D eigenvalue weighted by Gasteiger charge is -2.09. The first kappa shape index (κ1) is 12.4. The summed E-state index contributed by atoms with van der Waals surface area (Å²) in [5, 5.41) is 21.0. The van der Waals surface area contributed by atoms with Gasteiger partial charge in [0, 0.05) is 6.54 Å². The maximum Gasteiger partial charge on any atom is 0.354 e. The number of hydrogen-bond donors (Lipinski definition) is 3. The molecule has 0 aliphatic rings. The van der Waals surface area contributed by atoms with Crippen LogP contribution in [-0.4, -0.2) is 33.8 Å². The molecule has 0 aromatic carbocycles. The molecule has 0 bridgehead atoms. The first-order chi connectivity index (χ1) is 7.63. The summed E-state index contributed by atoms with van der Waals surface area (Å²) < 4.78 is 0. The van der Waals surface area contributed by atoms with Crippen LogP contribution in [0.2, 0.25) is 0 Å². The van der Waals surface area contributed by atoms with E-state index in [1.165, 1.54) is 12.3 Å². The molecule has 16 heavy (non-hydrogen) atoms. The summed E-state index contributed by atoms with van der Waals surface area (Å²) >= 11 is 0. The van der Waals surface area contributed by atoms with Crippen molar-refractivity contribution < 1.29 is 15.0 Å². The minimum atomic E-state index is -1.03. The van der Waals surface area contributed by atoms with E-state index in [9.17, 15) is 9.90 Å². The number of rotatable bonds is 6. The summed E-state index contributed by atoms with van der Waals surface area (Å²) in [5.74, 6) is -1.03. The fourth-order valence-corrected chi connectivity index (χ4v) is 1.21. The number of nitrogens with one attached hydrogen (secondary N) is 1. The fourth-order valence-electron chi connectivity index (χ4n) is 1.21. The molecular weight excluding hydrogens is 208 g/mol.